The third-order valence-electron chi connectivity index (χ3n) is 3.62. The minimum Gasteiger partial charge on any atom is -0.465 e. The predicted octanol–water partition coefficient (Wildman–Crippen LogP) is 1.10. The van der Waals surface area contributed by atoms with E-state index in [1.807, 2.05) is 0 Å². The molecule has 2 aromatic rings. The van der Waals surface area contributed by atoms with Crippen molar-refractivity contribution in [3.8, 4) is 0 Å². The standard InChI is InChI=1S/C17H13N3O5/c1-25-17(24)10-4-6-11(7-5-10)19-13(21)9-20-15(22)12-3-2-8-18-14(12)16(20)23/h2-8H,9H2,1H3,(H,19,21). The van der Waals surface area contributed by atoms with E-state index in [1.54, 1.807) is 6.07 Å². The number of hydrogen-bond acceptors (Lipinski definition) is 6. The molecular formula is C17H13N3O5. The van der Waals surface area contributed by atoms with E-state index in [0.29, 0.717) is 11.3 Å². The fourth-order valence-corrected chi connectivity index (χ4v) is 2.41. The van der Waals surface area contributed by atoms with Crippen LogP contribution in [0.25, 0.3) is 0 Å². The largest absolute Gasteiger partial charge is 0.465 e. The van der Waals surface area contributed by atoms with E-state index in [1.165, 1.54) is 43.6 Å². The summed E-state index contributed by atoms with van der Waals surface area (Å²) in [7, 11) is 1.27. The van der Waals surface area contributed by atoms with Gasteiger partial charge in [-0.3, -0.25) is 24.3 Å². The number of rotatable bonds is 4. The Balaban J connectivity index is 1.67. The Hall–Kier alpha value is -3.55. The zero-order valence-electron chi connectivity index (χ0n) is 13.2. The van der Waals surface area contributed by atoms with E-state index in [9.17, 15) is 19.2 Å². The molecular weight excluding hydrogens is 326 g/mol. The van der Waals surface area contributed by atoms with E-state index < -0.39 is 30.2 Å². The maximum Gasteiger partial charge on any atom is 0.337 e. The van der Waals surface area contributed by atoms with Crippen LogP contribution < -0.4 is 5.32 Å². The molecule has 0 saturated heterocycles. The summed E-state index contributed by atoms with van der Waals surface area (Å²) in [5.41, 5.74) is 0.991. The van der Waals surface area contributed by atoms with Gasteiger partial charge in [0.2, 0.25) is 5.91 Å². The molecule has 1 aromatic carbocycles. The lowest BCUT2D eigenvalue weighted by Crippen LogP contribution is -2.37. The van der Waals surface area contributed by atoms with Gasteiger partial charge in [-0.05, 0) is 36.4 Å². The first-order valence-corrected chi connectivity index (χ1v) is 7.30. The number of fused-ring (bicyclic) bond motifs is 1. The van der Waals surface area contributed by atoms with Crippen LogP contribution in [0.15, 0.2) is 42.6 Å². The fraction of sp³-hybridized carbons (Fsp3) is 0.118. The summed E-state index contributed by atoms with van der Waals surface area (Å²) in [6.45, 7) is -0.424. The van der Waals surface area contributed by atoms with Crippen LogP contribution in [0, 0.1) is 0 Å². The molecule has 3 amide bonds. The molecule has 0 spiro atoms. The number of esters is 1. The molecule has 1 aliphatic heterocycles. The van der Waals surface area contributed by atoms with Crippen molar-refractivity contribution in [1.29, 1.82) is 0 Å². The summed E-state index contributed by atoms with van der Waals surface area (Å²) in [6, 6.07) is 9.07. The quantitative estimate of drug-likeness (QED) is 0.660. The number of ether oxygens (including phenoxy) is 1. The van der Waals surface area contributed by atoms with Crippen molar-refractivity contribution < 1.29 is 23.9 Å². The fourth-order valence-electron chi connectivity index (χ4n) is 2.41. The van der Waals surface area contributed by atoms with Crippen molar-refractivity contribution in [3.63, 3.8) is 0 Å². The smallest absolute Gasteiger partial charge is 0.337 e. The Labute approximate surface area is 142 Å². The van der Waals surface area contributed by atoms with Gasteiger partial charge < -0.3 is 10.1 Å². The summed E-state index contributed by atoms with van der Waals surface area (Å²) in [4.78, 5) is 52.5. The number of nitrogens with zero attached hydrogens (tertiary/aromatic N) is 2. The molecule has 0 aliphatic carbocycles. The Kier molecular flexibility index (Phi) is 4.25. The lowest BCUT2D eigenvalue weighted by molar-refractivity contribution is -0.116. The summed E-state index contributed by atoms with van der Waals surface area (Å²) in [6.07, 6.45) is 1.41. The SMILES string of the molecule is COC(=O)c1ccc(NC(=O)CN2C(=O)c3cccnc3C2=O)cc1. The highest BCUT2D eigenvalue weighted by Crippen LogP contribution is 2.20. The average Bonchev–Trinajstić information content (AvgIpc) is 2.87. The highest BCUT2D eigenvalue weighted by molar-refractivity contribution is 6.21. The Morgan fingerprint density at radius 3 is 2.48 bits per heavy atom. The van der Waals surface area contributed by atoms with E-state index in [0.717, 1.165) is 4.90 Å². The maximum atomic E-state index is 12.2. The second kappa shape index (κ2) is 6.52. The molecule has 0 atom stereocenters. The molecule has 0 unspecified atom stereocenters. The number of aromatic nitrogens is 1. The number of carbonyl (C=O) groups excluding carboxylic acids is 4. The molecule has 3 rings (SSSR count). The molecule has 126 valence electrons. The topological polar surface area (TPSA) is 106 Å². The van der Waals surface area contributed by atoms with Gasteiger partial charge in [0.25, 0.3) is 11.8 Å². The first kappa shape index (κ1) is 16.3. The lowest BCUT2D eigenvalue weighted by atomic mass is 10.2. The predicted molar refractivity (Wildman–Crippen MR) is 86.0 cm³/mol. The Morgan fingerprint density at radius 2 is 1.84 bits per heavy atom. The summed E-state index contributed by atoms with van der Waals surface area (Å²) in [5, 5.41) is 2.56. The van der Waals surface area contributed by atoms with Gasteiger partial charge in [-0.1, -0.05) is 0 Å². The van der Waals surface area contributed by atoms with Crippen molar-refractivity contribution in [3.05, 3.63) is 59.4 Å². The number of nitrogens with one attached hydrogen (secondary N) is 1. The van der Waals surface area contributed by atoms with Crippen LogP contribution in [0.1, 0.15) is 31.2 Å². The van der Waals surface area contributed by atoms with Gasteiger partial charge in [0, 0.05) is 11.9 Å². The van der Waals surface area contributed by atoms with Crippen LogP contribution >= 0.6 is 0 Å². The number of pyridine rings is 1. The van der Waals surface area contributed by atoms with Crippen LogP contribution in [0.5, 0.6) is 0 Å². The van der Waals surface area contributed by atoms with Gasteiger partial charge in [0.1, 0.15) is 12.2 Å². The summed E-state index contributed by atoms with van der Waals surface area (Å²) >= 11 is 0. The third-order valence-corrected chi connectivity index (χ3v) is 3.62. The first-order chi connectivity index (χ1) is 12.0. The van der Waals surface area contributed by atoms with Gasteiger partial charge in [-0.25, -0.2) is 4.79 Å². The van der Waals surface area contributed by atoms with Gasteiger partial charge in [0.05, 0.1) is 18.2 Å². The summed E-state index contributed by atoms with van der Waals surface area (Å²) in [5.74, 6) is -2.18. The average molecular weight is 339 g/mol. The molecule has 1 N–H and O–H groups in total. The van der Waals surface area contributed by atoms with Crippen molar-refractivity contribution in [2.45, 2.75) is 0 Å². The van der Waals surface area contributed by atoms with Gasteiger partial charge in [-0.15, -0.1) is 0 Å². The van der Waals surface area contributed by atoms with E-state index in [2.05, 4.69) is 15.0 Å². The van der Waals surface area contributed by atoms with Gasteiger partial charge in [-0.2, -0.15) is 0 Å². The van der Waals surface area contributed by atoms with Gasteiger partial charge in [0.15, 0.2) is 0 Å². The molecule has 0 radical (unpaired) electrons. The number of hydrogen-bond donors (Lipinski definition) is 1. The number of amides is 3. The van der Waals surface area contributed by atoms with Crippen molar-refractivity contribution in [2.24, 2.45) is 0 Å². The maximum absolute atomic E-state index is 12.2. The minimum absolute atomic E-state index is 0.0442. The Morgan fingerprint density at radius 1 is 1.12 bits per heavy atom. The van der Waals surface area contributed by atoms with E-state index >= 15 is 0 Å². The monoisotopic (exact) mass is 339 g/mol. The molecule has 0 fully saturated rings. The number of imide groups is 1. The van der Waals surface area contributed by atoms with Crippen molar-refractivity contribution >= 4 is 29.4 Å². The molecule has 2 heterocycles. The van der Waals surface area contributed by atoms with Crippen LogP contribution in [0.3, 0.4) is 0 Å². The molecule has 8 nitrogen and oxygen atoms in total. The lowest BCUT2D eigenvalue weighted by Gasteiger charge is -2.13. The molecule has 0 saturated carbocycles. The highest BCUT2D eigenvalue weighted by atomic mass is 16.5. The number of carbonyl (C=O) groups is 4. The number of methoxy groups -OCH3 is 1. The Bertz CT molecular complexity index is 841. The van der Waals surface area contributed by atoms with Crippen LogP contribution in [-0.4, -0.2) is 47.2 Å². The summed E-state index contributed by atoms with van der Waals surface area (Å²) < 4.78 is 4.59. The normalized spacial score (nSPS) is 12.8. The van der Waals surface area contributed by atoms with Crippen molar-refractivity contribution in [1.82, 2.24) is 9.88 Å². The molecule has 25 heavy (non-hydrogen) atoms. The van der Waals surface area contributed by atoms with Crippen LogP contribution in [0.4, 0.5) is 5.69 Å². The zero-order chi connectivity index (χ0) is 18.0. The minimum atomic E-state index is -0.600. The third kappa shape index (κ3) is 3.09. The molecule has 1 aliphatic rings. The van der Waals surface area contributed by atoms with E-state index in [-0.39, 0.29) is 11.3 Å². The van der Waals surface area contributed by atoms with Gasteiger partial charge >= 0.3 is 5.97 Å². The first-order valence-electron chi connectivity index (χ1n) is 7.30. The van der Waals surface area contributed by atoms with Crippen LogP contribution in [0.2, 0.25) is 0 Å². The molecule has 8 heteroatoms. The zero-order valence-corrected chi connectivity index (χ0v) is 13.2. The van der Waals surface area contributed by atoms with Crippen molar-refractivity contribution in [2.75, 3.05) is 19.0 Å². The second-order valence-electron chi connectivity index (χ2n) is 5.21. The number of benzene rings is 1. The number of anilines is 1. The van der Waals surface area contributed by atoms with Crippen LogP contribution in [-0.2, 0) is 9.53 Å². The second-order valence-corrected chi connectivity index (χ2v) is 5.21. The molecule has 1 aromatic heterocycles. The highest BCUT2D eigenvalue weighted by Gasteiger charge is 2.37. The molecule has 0 bridgehead atoms. The van der Waals surface area contributed by atoms with E-state index in [4.69, 9.17) is 0 Å².